The molecule has 0 aromatic heterocycles. The van der Waals surface area contributed by atoms with Crippen LogP contribution in [0.15, 0.2) is 18.2 Å². The third-order valence-corrected chi connectivity index (χ3v) is 2.16. The Morgan fingerprint density at radius 2 is 2.13 bits per heavy atom. The van der Waals surface area contributed by atoms with E-state index >= 15 is 0 Å². The van der Waals surface area contributed by atoms with E-state index in [0.29, 0.717) is 18.9 Å². The molecule has 0 saturated heterocycles. The zero-order chi connectivity index (χ0) is 11.3. The van der Waals surface area contributed by atoms with Crippen LogP contribution in [-0.2, 0) is 11.2 Å². The van der Waals surface area contributed by atoms with E-state index in [1.165, 1.54) is 0 Å². The first-order chi connectivity index (χ1) is 7.17. The maximum atomic E-state index is 7.54. The minimum atomic E-state index is 0.295. The molecular weight excluding hydrogens is 190 g/mol. The van der Waals surface area contributed by atoms with Gasteiger partial charge in [-0.1, -0.05) is 12.1 Å². The van der Waals surface area contributed by atoms with Gasteiger partial charge in [-0.25, -0.2) is 0 Å². The van der Waals surface area contributed by atoms with E-state index in [9.17, 15) is 0 Å². The van der Waals surface area contributed by atoms with Crippen molar-refractivity contribution < 1.29 is 9.47 Å². The van der Waals surface area contributed by atoms with Crippen molar-refractivity contribution in [2.45, 2.75) is 20.3 Å². The summed E-state index contributed by atoms with van der Waals surface area (Å²) in [6, 6.07) is 5.93. The van der Waals surface area contributed by atoms with Gasteiger partial charge in [0.15, 0.2) is 5.90 Å². The predicted octanol–water partition coefficient (Wildman–Crippen LogP) is 2.56. The highest BCUT2D eigenvalue weighted by Gasteiger charge is 2.03. The molecular formula is C12H17NO2. The number of hydrogen-bond acceptors (Lipinski definition) is 3. The second kappa shape index (κ2) is 5.39. The molecule has 0 fully saturated rings. The van der Waals surface area contributed by atoms with Crippen LogP contribution < -0.4 is 4.74 Å². The molecule has 82 valence electrons. The quantitative estimate of drug-likeness (QED) is 0.609. The molecule has 0 heterocycles. The average molecular weight is 207 g/mol. The molecule has 1 aromatic rings. The van der Waals surface area contributed by atoms with Crippen molar-refractivity contribution >= 4 is 5.90 Å². The van der Waals surface area contributed by atoms with Gasteiger partial charge < -0.3 is 9.47 Å². The van der Waals surface area contributed by atoms with Crippen LogP contribution in [0.2, 0.25) is 0 Å². The highest BCUT2D eigenvalue weighted by atomic mass is 16.5. The van der Waals surface area contributed by atoms with Crippen LogP contribution in [0, 0.1) is 12.3 Å². The molecule has 0 atom stereocenters. The first kappa shape index (κ1) is 11.6. The summed E-state index contributed by atoms with van der Waals surface area (Å²) in [5.74, 6) is 1.15. The Bertz CT molecular complexity index is 347. The van der Waals surface area contributed by atoms with Crippen molar-refractivity contribution in [3.05, 3.63) is 29.3 Å². The molecule has 3 heteroatoms. The van der Waals surface area contributed by atoms with Crippen LogP contribution in [0.4, 0.5) is 0 Å². The second-order valence-electron chi connectivity index (χ2n) is 3.34. The van der Waals surface area contributed by atoms with Crippen LogP contribution >= 0.6 is 0 Å². The molecule has 0 unspecified atom stereocenters. The van der Waals surface area contributed by atoms with Crippen molar-refractivity contribution in [2.75, 3.05) is 13.7 Å². The maximum Gasteiger partial charge on any atom is 0.184 e. The average Bonchev–Trinajstić information content (AvgIpc) is 2.21. The summed E-state index contributed by atoms with van der Waals surface area (Å²) in [5.41, 5.74) is 2.14. The number of methoxy groups -OCH3 is 1. The Morgan fingerprint density at radius 3 is 2.73 bits per heavy atom. The molecule has 0 saturated carbocycles. The van der Waals surface area contributed by atoms with Crippen LogP contribution in [0.3, 0.4) is 0 Å². The lowest BCUT2D eigenvalue weighted by atomic mass is 10.1. The third kappa shape index (κ3) is 3.27. The van der Waals surface area contributed by atoms with E-state index in [1.54, 1.807) is 7.11 Å². The minimum absolute atomic E-state index is 0.295. The molecule has 1 rings (SSSR count). The first-order valence-corrected chi connectivity index (χ1v) is 5.01. The van der Waals surface area contributed by atoms with E-state index in [1.807, 2.05) is 32.0 Å². The predicted molar refractivity (Wildman–Crippen MR) is 60.8 cm³/mol. The van der Waals surface area contributed by atoms with Crippen LogP contribution in [0.1, 0.15) is 18.1 Å². The lowest BCUT2D eigenvalue weighted by Crippen LogP contribution is -2.06. The summed E-state index contributed by atoms with van der Waals surface area (Å²) >= 11 is 0. The minimum Gasteiger partial charge on any atom is -0.496 e. The monoisotopic (exact) mass is 207 g/mol. The van der Waals surface area contributed by atoms with Gasteiger partial charge in [-0.15, -0.1) is 0 Å². The van der Waals surface area contributed by atoms with Crippen LogP contribution in [0.5, 0.6) is 5.75 Å². The maximum absolute atomic E-state index is 7.54. The molecule has 0 radical (unpaired) electrons. The highest BCUT2D eigenvalue weighted by molar-refractivity contribution is 5.75. The molecule has 0 amide bonds. The van der Waals surface area contributed by atoms with Gasteiger partial charge in [-0.05, 0) is 31.0 Å². The van der Waals surface area contributed by atoms with Gasteiger partial charge in [0.1, 0.15) is 5.75 Å². The summed E-state index contributed by atoms with van der Waals surface area (Å²) in [6.45, 7) is 4.42. The summed E-state index contributed by atoms with van der Waals surface area (Å²) in [5, 5.41) is 7.54. The van der Waals surface area contributed by atoms with E-state index in [-0.39, 0.29) is 0 Å². The van der Waals surface area contributed by atoms with Gasteiger partial charge in [-0.2, -0.15) is 0 Å². The zero-order valence-corrected chi connectivity index (χ0v) is 9.46. The normalized spacial score (nSPS) is 9.80. The van der Waals surface area contributed by atoms with Gasteiger partial charge in [-0.3, -0.25) is 5.41 Å². The van der Waals surface area contributed by atoms with Gasteiger partial charge in [0.25, 0.3) is 0 Å². The highest BCUT2D eigenvalue weighted by Crippen LogP contribution is 2.19. The van der Waals surface area contributed by atoms with E-state index in [0.717, 1.165) is 16.9 Å². The molecule has 0 aliphatic heterocycles. The first-order valence-electron chi connectivity index (χ1n) is 5.01. The second-order valence-corrected chi connectivity index (χ2v) is 3.34. The summed E-state index contributed by atoms with van der Waals surface area (Å²) < 4.78 is 10.3. The molecule has 1 aromatic carbocycles. The fourth-order valence-corrected chi connectivity index (χ4v) is 1.39. The van der Waals surface area contributed by atoms with Crippen molar-refractivity contribution in [3.8, 4) is 5.75 Å². The number of nitrogens with one attached hydrogen (secondary N) is 1. The Labute approximate surface area is 90.5 Å². The van der Waals surface area contributed by atoms with Gasteiger partial charge in [0.05, 0.1) is 13.7 Å². The summed E-state index contributed by atoms with van der Waals surface area (Å²) in [6.07, 6.45) is 0.518. The zero-order valence-electron chi connectivity index (χ0n) is 9.46. The van der Waals surface area contributed by atoms with Crippen LogP contribution in [-0.4, -0.2) is 19.6 Å². The summed E-state index contributed by atoms with van der Waals surface area (Å²) in [7, 11) is 1.65. The third-order valence-electron chi connectivity index (χ3n) is 2.16. The van der Waals surface area contributed by atoms with Gasteiger partial charge >= 0.3 is 0 Å². The SMILES string of the molecule is CCOC(=N)Cc1ccc(C)c(OC)c1. The largest absolute Gasteiger partial charge is 0.496 e. The molecule has 0 aliphatic carbocycles. The molecule has 3 nitrogen and oxygen atoms in total. The van der Waals surface area contributed by atoms with Crippen molar-refractivity contribution in [2.24, 2.45) is 0 Å². The number of ether oxygens (including phenoxy) is 2. The molecule has 1 N–H and O–H groups in total. The smallest absolute Gasteiger partial charge is 0.184 e. The number of rotatable bonds is 4. The van der Waals surface area contributed by atoms with E-state index < -0.39 is 0 Å². The number of hydrogen-bond donors (Lipinski definition) is 1. The fourth-order valence-electron chi connectivity index (χ4n) is 1.39. The standard InChI is InChI=1S/C12H17NO2/c1-4-15-12(13)8-10-6-5-9(2)11(7-10)14-3/h5-7,13H,4,8H2,1-3H3. The lowest BCUT2D eigenvalue weighted by Gasteiger charge is -2.08. The molecule has 0 bridgehead atoms. The van der Waals surface area contributed by atoms with E-state index in [2.05, 4.69) is 0 Å². The topological polar surface area (TPSA) is 42.3 Å². The Hall–Kier alpha value is -1.51. The Kier molecular flexibility index (Phi) is 4.16. The lowest BCUT2D eigenvalue weighted by molar-refractivity contribution is 0.317. The van der Waals surface area contributed by atoms with Crippen molar-refractivity contribution in [3.63, 3.8) is 0 Å². The Morgan fingerprint density at radius 1 is 1.40 bits per heavy atom. The molecule has 15 heavy (non-hydrogen) atoms. The van der Waals surface area contributed by atoms with Gasteiger partial charge in [0, 0.05) is 6.42 Å². The van der Waals surface area contributed by atoms with E-state index in [4.69, 9.17) is 14.9 Å². The number of benzene rings is 1. The Balaban J connectivity index is 2.74. The van der Waals surface area contributed by atoms with Gasteiger partial charge in [0.2, 0.25) is 0 Å². The van der Waals surface area contributed by atoms with Crippen LogP contribution in [0.25, 0.3) is 0 Å². The number of aryl methyl sites for hydroxylation is 1. The van der Waals surface area contributed by atoms with Crippen molar-refractivity contribution in [1.29, 1.82) is 5.41 Å². The molecule has 0 aliphatic rings. The molecule has 0 spiro atoms. The summed E-state index contributed by atoms with van der Waals surface area (Å²) in [4.78, 5) is 0. The van der Waals surface area contributed by atoms with Crippen molar-refractivity contribution in [1.82, 2.24) is 0 Å². The fraction of sp³-hybridized carbons (Fsp3) is 0.417.